The monoisotopic (exact) mass is 350 g/mol. The molecule has 1 saturated heterocycles. The lowest BCUT2D eigenvalue weighted by Crippen LogP contribution is -2.37. The quantitative estimate of drug-likeness (QED) is 0.790. The number of hydrogen-bond donors (Lipinski definition) is 0. The van der Waals surface area contributed by atoms with Crippen molar-refractivity contribution in [3.05, 3.63) is 71.1 Å². The molecule has 0 N–H and O–H groups in total. The van der Waals surface area contributed by atoms with Crippen LogP contribution in [0.1, 0.15) is 40.0 Å². The zero-order valence-corrected chi connectivity index (χ0v) is 15.5. The molecule has 0 radical (unpaired) electrons. The number of rotatable bonds is 6. The highest BCUT2D eigenvalue weighted by molar-refractivity contribution is 5.94. The number of pyridine rings is 1. The topological polar surface area (TPSA) is 42.4 Å². The van der Waals surface area contributed by atoms with E-state index in [4.69, 9.17) is 4.74 Å². The van der Waals surface area contributed by atoms with Gasteiger partial charge in [0.15, 0.2) is 0 Å². The van der Waals surface area contributed by atoms with Gasteiger partial charge in [0, 0.05) is 31.6 Å². The summed E-state index contributed by atoms with van der Waals surface area (Å²) in [5.41, 5.74) is 3.76. The Balaban J connectivity index is 1.74. The summed E-state index contributed by atoms with van der Waals surface area (Å²) in [6.07, 6.45) is 7.97. The maximum Gasteiger partial charge on any atom is 0.255 e. The van der Waals surface area contributed by atoms with Crippen LogP contribution in [-0.2, 0) is 4.74 Å². The Kier molecular flexibility index (Phi) is 6.18. The van der Waals surface area contributed by atoms with Gasteiger partial charge < -0.3 is 9.64 Å². The number of aromatic nitrogens is 1. The Bertz CT molecular complexity index is 765. The molecule has 2 aromatic rings. The summed E-state index contributed by atoms with van der Waals surface area (Å²) in [6, 6.07) is 12.0. The van der Waals surface area contributed by atoms with Crippen molar-refractivity contribution in [3.63, 3.8) is 0 Å². The number of ether oxygens (including phenoxy) is 1. The third-order valence-corrected chi connectivity index (χ3v) is 4.76. The Morgan fingerprint density at radius 2 is 2.12 bits per heavy atom. The van der Waals surface area contributed by atoms with Crippen LogP contribution >= 0.6 is 0 Å². The van der Waals surface area contributed by atoms with Gasteiger partial charge in [0.2, 0.25) is 0 Å². The Labute approximate surface area is 155 Å². The summed E-state index contributed by atoms with van der Waals surface area (Å²) in [5.74, 6) is 0.00816. The summed E-state index contributed by atoms with van der Waals surface area (Å²) >= 11 is 0. The minimum absolute atomic E-state index is 0.00816. The predicted octanol–water partition coefficient (Wildman–Crippen LogP) is 4.03. The van der Waals surface area contributed by atoms with E-state index in [0.717, 1.165) is 36.3 Å². The molecule has 0 spiro atoms. The zero-order chi connectivity index (χ0) is 18.4. The molecule has 1 fully saturated rings. The molecule has 0 unspecified atom stereocenters. The van der Waals surface area contributed by atoms with E-state index in [1.165, 1.54) is 0 Å². The van der Waals surface area contributed by atoms with Crippen LogP contribution in [0.4, 0.5) is 0 Å². The average molecular weight is 350 g/mol. The van der Waals surface area contributed by atoms with E-state index in [1.54, 1.807) is 6.20 Å². The molecule has 1 aliphatic heterocycles. The molecule has 0 saturated carbocycles. The summed E-state index contributed by atoms with van der Waals surface area (Å²) in [6.45, 7) is 5.90. The standard InChI is InChI=1S/C22H26N2O2/c1-17-14-20(15-23-18(17)2)22(25)24(16-21-11-7-13-26-21)12-6-10-19-8-4-3-5-9-19/h3-6,8-10,14-15,21H,7,11-13,16H2,1-2H3/b10-6+/t21-/m0/s1. The van der Waals surface area contributed by atoms with Gasteiger partial charge in [-0.05, 0) is 43.9 Å². The third kappa shape index (κ3) is 4.79. The van der Waals surface area contributed by atoms with Crippen LogP contribution in [0.3, 0.4) is 0 Å². The van der Waals surface area contributed by atoms with E-state index in [-0.39, 0.29) is 12.0 Å². The molecule has 0 bridgehead atoms. The first kappa shape index (κ1) is 18.3. The maximum atomic E-state index is 13.0. The summed E-state index contributed by atoms with van der Waals surface area (Å²) in [7, 11) is 0. The molecule has 1 aliphatic rings. The second kappa shape index (κ2) is 8.77. The molecule has 2 heterocycles. The SMILES string of the molecule is Cc1cc(C(=O)N(C/C=C/c2ccccc2)C[C@@H]2CCCO2)cnc1C. The highest BCUT2D eigenvalue weighted by Crippen LogP contribution is 2.16. The van der Waals surface area contributed by atoms with Gasteiger partial charge in [-0.15, -0.1) is 0 Å². The van der Waals surface area contributed by atoms with Gasteiger partial charge in [-0.25, -0.2) is 0 Å². The summed E-state index contributed by atoms with van der Waals surface area (Å²) < 4.78 is 5.74. The zero-order valence-electron chi connectivity index (χ0n) is 15.5. The van der Waals surface area contributed by atoms with Crippen molar-refractivity contribution >= 4 is 12.0 Å². The minimum Gasteiger partial charge on any atom is -0.376 e. The second-order valence-electron chi connectivity index (χ2n) is 6.78. The minimum atomic E-state index is 0.00816. The van der Waals surface area contributed by atoms with Gasteiger partial charge in [0.05, 0.1) is 11.7 Å². The van der Waals surface area contributed by atoms with Crippen molar-refractivity contribution in [2.45, 2.75) is 32.8 Å². The molecular formula is C22H26N2O2. The molecular weight excluding hydrogens is 324 g/mol. The molecule has 1 aromatic heterocycles. The van der Waals surface area contributed by atoms with Gasteiger partial charge in [0.1, 0.15) is 0 Å². The van der Waals surface area contributed by atoms with Crippen LogP contribution in [0, 0.1) is 13.8 Å². The highest BCUT2D eigenvalue weighted by Gasteiger charge is 2.23. The first-order valence-electron chi connectivity index (χ1n) is 9.19. The van der Waals surface area contributed by atoms with Crippen LogP contribution in [0.2, 0.25) is 0 Å². The van der Waals surface area contributed by atoms with Gasteiger partial charge in [-0.3, -0.25) is 9.78 Å². The molecule has 1 atom stereocenters. The number of benzene rings is 1. The number of nitrogens with zero attached hydrogens (tertiary/aromatic N) is 2. The van der Waals surface area contributed by atoms with Crippen LogP contribution in [0.25, 0.3) is 6.08 Å². The van der Waals surface area contributed by atoms with Crippen molar-refractivity contribution in [2.75, 3.05) is 19.7 Å². The van der Waals surface area contributed by atoms with Crippen LogP contribution in [0.5, 0.6) is 0 Å². The van der Waals surface area contributed by atoms with E-state index < -0.39 is 0 Å². The smallest absolute Gasteiger partial charge is 0.255 e. The number of carbonyl (C=O) groups is 1. The number of amides is 1. The van der Waals surface area contributed by atoms with E-state index in [0.29, 0.717) is 18.7 Å². The van der Waals surface area contributed by atoms with Crippen molar-refractivity contribution in [1.82, 2.24) is 9.88 Å². The van der Waals surface area contributed by atoms with E-state index in [1.807, 2.05) is 49.1 Å². The molecule has 26 heavy (non-hydrogen) atoms. The largest absolute Gasteiger partial charge is 0.376 e. The number of carbonyl (C=O) groups excluding carboxylic acids is 1. The fourth-order valence-corrected chi connectivity index (χ4v) is 3.10. The summed E-state index contributed by atoms with van der Waals surface area (Å²) in [4.78, 5) is 19.2. The summed E-state index contributed by atoms with van der Waals surface area (Å²) in [5, 5.41) is 0. The van der Waals surface area contributed by atoms with Crippen LogP contribution in [0.15, 0.2) is 48.7 Å². The van der Waals surface area contributed by atoms with E-state index in [2.05, 4.69) is 23.2 Å². The Morgan fingerprint density at radius 3 is 2.81 bits per heavy atom. The Morgan fingerprint density at radius 1 is 1.31 bits per heavy atom. The molecule has 4 nitrogen and oxygen atoms in total. The Hall–Kier alpha value is -2.46. The fourth-order valence-electron chi connectivity index (χ4n) is 3.10. The van der Waals surface area contributed by atoms with Crippen LogP contribution in [-0.4, -0.2) is 41.6 Å². The molecule has 1 aromatic carbocycles. The van der Waals surface area contributed by atoms with E-state index >= 15 is 0 Å². The van der Waals surface area contributed by atoms with Crippen LogP contribution < -0.4 is 0 Å². The second-order valence-corrected chi connectivity index (χ2v) is 6.78. The van der Waals surface area contributed by atoms with Crippen molar-refractivity contribution in [2.24, 2.45) is 0 Å². The van der Waals surface area contributed by atoms with Gasteiger partial charge in [-0.2, -0.15) is 0 Å². The van der Waals surface area contributed by atoms with Gasteiger partial charge in [0.25, 0.3) is 5.91 Å². The lowest BCUT2D eigenvalue weighted by Gasteiger charge is -2.24. The van der Waals surface area contributed by atoms with Crippen molar-refractivity contribution in [1.29, 1.82) is 0 Å². The highest BCUT2D eigenvalue weighted by atomic mass is 16.5. The average Bonchev–Trinajstić information content (AvgIpc) is 3.16. The van der Waals surface area contributed by atoms with Gasteiger partial charge in [-0.1, -0.05) is 42.5 Å². The molecule has 4 heteroatoms. The first-order chi connectivity index (χ1) is 12.6. The van der Waals surface area contributed by atoms with Crippen molar-refractivity contribution < 1.29 is 9.53 Å². The normalized spacial score (nSPS) is 16.9. The number of hydrogen-bond acceptors (Lipinski definition) is 3. The number of aryl methyl sites for hydroxylation is 2. The fraction of sp³-hybridized carbons (Fsp3) is 0.364. The molecule has 136 valence electrons. The van der Waals surface area contributed by atoms with E-state index in [9.17, 15) is 4.79 Å². The lowest BCUT2D eigenvalue weighted by atomic mass is 10.1. The predicted molar refractivity (Wildman–Crippen MR) is 104 cm³/mol. The molecule has 1 amide bonds. The molecule has 0 aliphatic carbocycles. The molecule has 3 rings (SSSR count). The van der Waals surface area contributed by atoms with Crippen molar-refractivity contribution in [3.8, 4) is 0 Å². The third-order valence-electron chi connectivity index (χ3n) is 4.76. The lowest BCUT2D eigenvalue weighted by molar-refractivity contribution is 0.0553. The van der Waals surface area contributed by atoms with Gasteiger partial charge >= 0.3 is 0 Å². The first-order valence-corrected chi connectivity index (χ1v) is 9.19. The maximum absolute atomic E-state index is 13.0.